The lowest BCUT2D eigenvalue weighted by Crippen LogP contribution is -2.36. The normalized spacial score (nSPS) is 14.3. The third-order valence-corrected chi connectivity index (χ3v) is 5.63. The Morgan fingerprint density at radius 1 is 0.844 bits per heavy atom. The molecular formula is C17H19N5O2S8. The van der Waals surface area contributed by atoms with Crippen LogP contribution in [-0.4, -0.2) is 54.1 Å². The second-order valence-corrected chi connectivity index (χ2v) is 11.2. The van der Waals surface area contributed by atoms with Crippen molar-refractivity contribution in [1.82, 2.24) is 26.2 Å². The average Bonchev–Trinajstić information content (AvgIpc) is 2.91. The smallest absolute Gasteiger partial charge is 0.261 e. The summed E-state index contributed by atoms with van der Waals surface area (Å²) >= 11 is 36.7. The molecule has 1 aromatic rings. The number of benzene rings is 1. The van der Waals surface area contributed by atoms with E-state index < -0.39 is 23.9 Å². The second-order valence-electron chi connectivity index (χ2n) is 6.58. The van der Waals surface area contributed by atoms with Gasteiger partial charge in [-0.05, 0) is 17.2 Å². The van der Waals surface area contributed by atoms with Gasteiger partial charge >= 0.3 is 0 Å². The number of amides is 2. The molecule has 1 heterocycles. The summed E-state index contributed by atoms with van der Waals surface area (Å²) < 4.78 is 1.01. The van der Waals surface area contributed by atoms with Crippen LogP contribution in [0.4, 0.5) is 0 Å². The summed E-state index contributed by atoms with van der Waals surface area (Å²) in [6, 6.07) is 2.49. The van der Waals surface area contributed by atoms with Crippen molar-refractivity contribution >= 4 is 128 Å². The molecule has 2 atom stereocenters. The van der Waals surface area contributed by atoms with E-state index in [-0.39, 0.29) is 30.6 Å². The highest BCUT2D eigenvalue weighted by molar-refractivity contribution is 8.11. The second kappa shape index (κ2) is 12.1. The first kappa shape index (κ1) is 27.6. The molecule has 172 valence electrons. The topological polar surface area (TPSA) is 85.5 Å². The maximum atomic E-state index is 12.9. The minimum atomic E-state index is -0.537. The van der Waals surface area contributed by atoms with Gasteiger partial charge in [0.15, 0.2) is 0 Å². The van der Waals surface area contributed by atoms with Gasteiger partial charge in [-0.3, -0.25) is 14.5 Å². The van der Waals surface area contributed by atoms with Crippen LogP contribution in [0, 0.1) is 0 Å². The zero-order valence-corrected chi connectivity index (χ0v) is 23.3. The Bertz CT molecular complexity index is 1000. The number of carbonyl (C=O) groups is 2. The average molecular weight is 582 g/mol. The molecule has 2 rings (SSSR count). The first-order valence-corrected chi connectivity index (χ1v) is 12.3. The summed E-state index contributed by atoms with van der Waals surface area (Å²) in [6.07, 6.45) is 0. The molecule has 2 amide bonds. The van der Waals surface area contributed by atoms with Gasteiger partial charge in [0.05, 0.1) is 23.2 Å². The molecule has 1 aromatic carbocycles. The summed E-state index contributed by atoms with van der Waals surface area (Å²) in [5.41, 5.74) is 1.76. The van der Waals surface area contributed by atoms with Gasteiger partial charge in [-0.25, -0.2) is 0 Å². The fourth-order valence-corrected chi connectivity index (χ4v) is 4.12. The predicted molar refractivity (Wildman–Crippen MR) is 157 cm³/mol. The van der Waals surface area contributed by atoms with Crippen LogP contribution in [0.5, 0.6) is 0 Å². The minimum absolute atomic E-state index is 0.208. The molecule has 7 nitrogen and oxygen atoms in total. The molecule has 0 aliphatic carbocycles. The fourth-order valence-electron chi connectivity index (χ4n) is 3.18. The Kier molecular flexibility index (Phi) is 10.5. The number of thiocarbonyl (C=S) groups is 4. The van der Waals surface area contributed by atoms with Gasteiger partial charge in [0.1, 0.15) is 17.3 Å². The third-order valence-electron chi connectivity index (χ3n) is 4.53. The Balaban J connectivity index is 2.67. The molecule has 0 bridgehead atoms. The summed E-state index contributed by atoms with van der Waals surface area (Å²) in [6.45, 7) is 0.549. The molecule has 32 heavy (non-hydrogen) atoms. The van der Waals surface area contributed by atoms with Crippen molar-refractivity contribution in [1.29, 1.82) is 0 Å². The molecule has 2 unspecified atom stereocenters. The van der Waals surface area contributed by atoms with Crippen LogP contribution in [0.15, 0.2) is 12.1 Å². The van der Waals surface area contributed by atoms with E-state index in [1.54, 1.807) is 12.1 Å². The molecule has 15 heteroatoms. The van der Waals surface area contributed by atoms with Gasteiger partial charge in [0, 0.05) is 20.1 Å². The fraction of sp³-hybridized carbons (Fsp3) is 0.294. The van der Waals surface area contributed by atoms with E-state index in [9.17, 15) is 9.59 Å². The molecule has 4 N–H and O–H groups in total. The molecule has 0 saturated carbocycles. The Labute approximate surface area is 229 Å². The van der Waals surface area contributed by atoms with Crippen LogP contribution in [-0.2, 0) is 0 Å². The first-order chi connectivity index (χ1) is 14.9. The maximum absolute atomic E-state index is 12.9. The summed E-state index contributed by atoms with van der Waals surface area (Å²) in [5, 5.41) is 12.0. The number of nitrogens with zero attached hydrogens (tertiary/aromatic N) is 1. The van der Waals surface area contributed by atoms with Gasteiger partial charge in [-0.15, -0.1) is 50.5 Å². The molecular weight excluding hydrogens is 563 g/mol. The lowest BCUT2D eigenvalue weighted by molar-refractivity contribution is 0.0692. The molecule has 1 aliphatic heterocycles. The number of fused-ring (bicyclic) bond motifs is 1. The van der Waals surface area contributed by atoms with Crippen molar-refractivity contribution in [2.24, 2.45) is 0 Å². The summed E-state index contributed by atoms with van der Waals surface area (Å²) in [7, 11) is 1.43. The molecule has 0 saturated heterocycles. The van der Waals surface area contributed by atoms with Crippen molar-refractivity contribution in [3.63, 3.8) is 0 Å². The van der Waals surface area contributed by atoms with Crippen molar-refractivity contribution in [2.45, 2.75) is 12.1 Å². The standard InChI is InChI=1S/C17H19N5O2S8/c1-22-12(23)8-3-6(9(20-16(29)30)4-18-14(25)26)2-7(11(8)13(22)24)10(21-17(31)32)5-19-15(27)28/h2-3,9-10H,4-5H2,1H3,(H2,18,25,26)(H2,19,27,28)(H2,20,29,30)(H2,21,31,32). The zero-order valence-electron chi connectivity index (χ0n) is 16.4. The number of nitrogens with one attached hydrogen (secondary N) is 4. The number of rotatable bonds is 8. The number of thiol groups is 4. The highest BCUT2D eigenvalue weighted by atomic mass is 32.1. The van der Waals surface area contributed by atoms with E-state index in [0.717, 1.165) is 4.90 Å². The van der Waals surface area contributed by atoms with Gasteiger partial charge in [-0.1, -0.05) is 54.9 Å². The Morgan fingerprint density at radius 2 is 1.34 bits per heavy atom. The van der Waals surface area contributed by atoms with E-state index in [1.165, 1.54) is 7.05 Å². The van der Waals surface area contributed by atoms with Gasteiger partial charge in [-0.2, -0.15) is 0 Å². The molecule has 0 radical (unpaired) electrons. The van der Waals surface area contributed by atoms with Crippen LogP contribution in [0.1, 0.15) is 43.9 Å². The van der Waals surface area contributed by atoms with Crippen molar-refractivity contribution in [3.05, 3.63) is 34.4 Å². The van der Waals surface area contributed by atoms with Gasteiger partial charge < -0.3 is 21.3 Å². The molecule has 0 spiro atoms. The molecule has 0 fully saturated rings. The van der Waals surface area contributed by atoms with Crippen LogP contribution in [0.2, 0.25) is 0 Å². The first-order valence-electron chi connectivity index (χ1n) is 8.85. The number of imide groups is 1. The van der Waals surface area contributed by atoms with E-state index in [1.807, 2.05) is 0 Å². The lowest BCUT2D eigenvalue weighted by Gasteiger charge is -2.25. The summed E-state index contributed by atoms with van der Waals surface area (Å²) in [4.78, 5) is 26.8. The predicted octanol–water partition coefficient (Wildman–Crippen LogP) is 2.21. The quantitative estimate of drug-likeness (QED) is 0.133. The van der Waals surface area contributed by atoms with Crippen LogP contribution in [0.3, 0.4) is 0 Å². The minimum Gasteiger partial charge on any atom is -0.369 e. The highest BCUT2D eigenvalue weighted by Crippen LogP contribution is 2.32. The Hall–Kier alpha value is -0.680. The monoisotopic (exact) mass is 581 g/mol. The van der Waals surface area contributed by atoms with E-state index in [4.69, 9.17) is 48.9 Å². The van der Waals surface area contributed by atoms with Crippen LogP contribution in [0.25, 0.3) is 0 Å². The Morgan fingerprint density at radius 3 is 1.84 bits per heavy atom. The SMILES string of the molecule is CN1C(=O)c2cc(C(CNC(=S)S)NC(=S)S)cc(C(CNC(=S)S)NC(=S)S)c2C1=O. The molecule has 0 aromatic heterocycles. The van der Waals surface area contributed by atoms with Crippen molar-refractivity contribution < 1.29 is 9.59 Å². The van der Waals surface area contributed by atoms with E-state index in [2.05, 4.69) is 71.8 Å². The number of hydrogen-bond acceptors (Lipinski definition) is 6. The van der Waals surface area contributed by atoms with E-state index in [0.29, 0.717) is 22.0 Å². The third kappa shape index (κ3) is 7.16. The van der Waals surface area contributed by atoms with Gasteiger partial charge in [0.2, 0.25) is 0 Å². The summed E-state index contributed by atoms with van der Waals surface area (Å²) in [5.74, 6) is -0.830. The number of hydrogen-bond donors (Lipinski definition) is 8. The van der Waals surface area contributed by atoms with E-state index >= 15 is 0 Å². The van der Waals surface area contributed by atoms with Crippen molar-refractivity contribution in [3.8, 4) is 0 Å². The van der Waals surface area contributed by atoms with Gasteiger partial charge in [0.25, 0.3) is 11.8 Å². The van der Waals surface area contributed by atoms with Crippen LogP contribution < -0.4 is 21.3 Å². The van der Waals surface area contributed by atoms with Crippen LogP contribution >= 0.6 is 99.4 Å². The number of carbonyl (C=O) groups excluding carboxylic acids is 2. The zero-order chi connectivity index (χ0) is 24.2. The maximum Gasteiger partial charge on any atom is 0.261 e. The molecule has 1 aliphatic rings. The largest absolute Gasteiger partial charge is 0.369 e. The highest BCUT2D eigenvalue weighted by Gasteiger charge is 2.38. The lowest BCUT2D eigenvalue weighted by atomic mass is 9.91. The van der Waals surface area contributed by atoms with Crippen molar-refractivity contribution in [2.75, 3.05) is 20.1 Å².